The van der Waals surface area contributed by atoms with Gasteiger partial charge in [-0.1, -0.05) is 0 Å². The topological polar surface area (TPSA) is 63.4 Å². The largest absolute Gasteiger partial charge is 0.416 e. The van der Waals surface area contributed by atoms with Crippen LogP contribution in [0.1, 0.15) is 45.5 Å². The smallest absolute Gasteiger partial charge is 0.366 e. The lowest BCUT2D eigenvalue weighted by Gasteiger charge is -2.27. The molecule has 2 rings (SSSR count). The monoisotopic (exact) mass is 300 g/mol. The number of nitrogens with zero attached hydrogens (tertiary/aromatic N) is 1. The standard InChI is InChI=1S/C14H15F3N2O2/c15-14(16,17)9-4-5-10(11(8-9)12(18)20)13(21)19-6-2-1-3-7-19/h4-5,8H,1-3,6-7H2,(H2,18,20). The predicted molar refractivity (Wildman–Crippen MR) is 69.7 cm³/mol. The number of nitrogens with two attached hydrogens (primary N) is 1. The number of likely N-dealkylation sites (tertiary alicyclic amines) is 1. The van der Waals surface area contributed by atoms with Crippen LogP contribution in [0.15, 0.2) is 18.2 Å². The van der Waals surface area contributed by atoms with E-state index >= 15 is 0 Å². The molecule has 1 fully saturated rings. The lowest BCUT2D eigenvalue weighted by Crippen LogP contribution is -2.36. The molecule has 1 aliphatic rings. The van der Waals surface area contributed by atoms with Crippen LogP contribution in [0.25, 0.3) is 0 Å². The highest BCUT2D eigenvalue weighted by Crippen LogP contribution is 2.31. The maximum Gasteiger partial charge on any atom is 0.416 e. The van der Waals surface area contributed by atoms with Gasteiger partial charge in [-0.25, -0.2) is 0 Å². The van der Waals surface area contributed by atoms with Crippen molar-refractivity contribution >= 4 is 11.8 Å². The molecule has 1 heterocycles. The molecule has 2 N–H and O–H groups in total. The fourth-order valence-electron chi connectivity index (χ4n) is 2.38. The molecule has 0 aliphatic carbocycles. The minimum absolute atomic E-state index is 0.0719. The average Bonchev–Trinajstić information content (AvgIpc) is 2.45. The molecule has 0 radical (unpaired) electrons. The number of hydrogen-bond acceptors (Lipinski definition) is 2. The number of primary amides is 1. The number of halogens is 3. The summed E-state index contributed by atoms with van der Waals surface area (Å²) in [5.74, 6) is -1.49. The molecule has 0 atom stereocenters. The molecule has 1 aliphatic heterocycles. The maximum atomic E-state index is 12.7. The van der Waals surface area contributed by atoms with Crippen LogP contribution >= 0.6 is 0 Å². The van der Waals surface area contributed by atoms with Gasteiger partial charge in [0.1, 0.15) is 0 Å². The first kappa shape index (κ1) is 15.3. The number of rotatable bonds is 2. The summed E-state index contributed by atoms with van der Waals surface area (Å²) in [7, 11) is 0. The molecular weight excluding hydrogens is 285 g/mol. The van der Waals surface area contributed by atoms with E-state index in [0.29, 0.717) is 19.2 Å². The Morgan fingerprint density at radius 2 is 1.67 bits per heavy atom. The van der Waals surface area contributed by atoms with Crippen LogP contribution in [0.5, 0.6) is 0 Å². The van der Waals surface area contributed by atoms with Gasteiger partial charge in [0.2, 0.25) is 5.91 Å². The number of carbonyl (C=O) groups is 2. The Balaban J connectivity index is 2.38. The number of carbonyl (C=O) groups excluding carboxylic acids is 2. The van der Waals surface area contributed by atoms with Crippen molar-refractivity contribution in [1.82, 2.24) is 4.90 Å². The van der Waals surface area contributed by atoms with Crippen molar-refractivity contribution in [3.8, 4) is 0 Å². The van der Waals surface area contributed by atoms with Crippen LogP contribution in [-0.2, 0) is 6.18 Å². The third kappa shape index (κ3) is 3.34. The molecule has 0 spiro atoms. The SMILES string of the molecule is NC(=O)c1cc(C(F)(F)F)ccc1C(=O)N1CCCCC1. The predicted octanol–water partition coefficient (Wildman–Crippen LogP) is 2.43. The second kappa shape index (κ2) is 5.75. The second-order valence-corrected chi connectivity index (χ2v) is 4.98. The van der Waals surface area contributed by atoms with Crippen molar-refractivity contribution in [3.63, 3.8) is 0 Å². The molecule has 0 aromatic heterocycles. The Kier molecular flexibility index (Phi) is 4.20. The van der Waals surface area contributed by atoms with Crippen molar-refractivity contribution in [3.05, 3.63) is 34.9 Å². The molecule has 7 heteroatoms. The van der Waals surface area contributed by atoms with Gasteiger partial charge >= 0.3 is 6.18 Å². The van der Waals surface area contributed by atoms with Crippen LogP contribution in [0.4, 0.5) is 13.2 Å². The molecule has 114 valence electrons. The minimum Gasteiger partial charge on any atom is -0.366 e. The zero-order valence-corrected chi connectivity index (χ0v) is 11.2. The van der Waals surface area contributed by atoms with Gasteiger partial charge in [-0.2, -0.15) is 13.2 Å². The van der Waals surface area contributed by atoms with E-state index in [2.05, 4.69) is 0 Å². The van der Waals surface area contributed by atoms with Gasteiger partial charge in [-0.3, -0.25) is 9.59 Å². The van der Waals surface area contributed by atoms with E-state index in [0.717, 1.165) is 31.4 Å². The summed E-state index contributed by atoms with van der Waals surface area (Å²) in [6.45, 7) is 1.08. The molecule has 0 unspecified atom stereocenters. The maximum absolute atomic E-state index is 12.7. The third-order valence-corrected chi connectivity index (χ3v) is 3.49. The lowest BCUT2D eigenvalue weighted by molar-refractivity contribution is -0.137. The summed E-state index contributed by atoms with van der Waals surface area (Å²) in [5, 5.41) is 0. The second-order valence-electron chi connectivity index (χ2n) is 4.98. The number of piperidine rings is 1. The molecule has 21 heavy (non-hydrogen) atoms. The van der Waals surface area contributed by atoms with Gasteiger partial charge in [0.05, 0.1) is 16.7 Å². The van der Waals surface area contributed by atoms with E-state index in [1.165, 1.54) is 0 Å². The molecule has 1 saturated heterocycles. The zero-order valence-electron chi connectivity index (χ0n) is 11.2. The minimum atomic E-state index is -4.59. The summed E-state index contributed by atoms with van der Waals surface area (Å²) >= 11 is 0. The van der Waals surface area contributed by atoms with E-state index in [4.69, 9.17) is 5.73 Å². The molecule has 0 bridgehead atoms. The fraction of sp³-hybridized carbons (Fsp3) is 0.429. The number of benzene rings is 1. The molecule has 0 saturated carbocycles. The highest BCUT2D eigenvalue weighted by Gasteiger charge is 2.32. The quantitative estimate of drug-likeness (QED) is 0.911. The Hall–Kier alpha value is -2.05. The van der Waals surface area contributed by atoms with Crippen molar-refractivity contribution in [2.75, 3.05) is 13.1 Å². The molecule has 1 aromatic rings. The van der Waals surface area contributed by atoms with Crippen LogP contribution in [0, 0.1) is 0 Å². The normalized spacial score (nSPS) is 15.9. The van der Waals surface area contributed by atoms with Crippen LogP contribution in [0.2, 0.25) is 0 Å². The van der Waals surface area contributed by atoms with E-state index in [9.17, 15) is 22.8 Å². The van der Waals surface area contributed by atoms with Crippen LogP contribution < -0.4 is 5.73 Å². The van der Waals surface area contributed by atoms with Gasteiger partial charge < -0.3 is 10.6 Å². The molecular formula is C14H15F3N2O2. The van der Waals surface area contributed by atoms with Crippen LogP contribution in [-0.4, -0.2) is 29.8 Å². The number of alkyl halides is 3. The first-order valence-corrected chi connectivity index (χ1v) is 6.61. The Bertz CT molecular complexity index is 564. The summed E-state index contributed by atoms with van der Waals surface area (Å²) in [4.78, 5) is 25.2. The number of hydrogen-bond donors (Lipinski definition) is 1. The average molecular weight is 300 g/mol. The van der Waals surface area contributed by atoms with Gasteiger partial charge in [0.25, 0.3) is 5.91 Å². The lowest BCUT2D eigenvalue weighted by atomic mass is 10.0. The molecule has 4 nitrogen and oxygen atoms in total. The fourth-order valence-corrected chi connectivity index (χ4v) is 2.38. The summed E-state index contributed by atoms with van der Waals surface area (Å²) in [5.41, 5.74) is 3.66. The van der Waals surface area contributed by atoms with Crippen molar-refractivity contribution in [2.45, 2.75) is 25.4 Å². The summed E-state index contributed by atoms with van der Waals surface area (Å²) in [6, 6.07) is 2.46. The Morgan fingerprint density at radius 1 is 1.05 bits per heavy atom. The highest BCUT2D eigenvalue weighted by atomic mass is 19.4. The Labute approximate surface area is 119 Å². The van der Waals surface area contributed by atoms with Gasteiger partial charge in [-0.05, 0) is 37.5 Å². The third-order valence-electron chi connectivity index (χ3n) is 3.49. The van der Waals surface area contributed by atoms with Gasteiger partial charge in [0, 0.05) is 13.1 Å². The molecule has 2 amide bonds. The zero-order chi connectivity index (χ0) is 15.6. The highest BCUT2D eigenvalue weighted by molar-refractivity contribution is 6.06. The first-order chi connectivity index (χ1) is 9.80. The van der Waals surface area contributed by atoms with E-state index < -0.39 is 23.6 Å². The van der Waals surface area contributed by atoms with Crippen molar-refractivity contribution in [2.24, 2.45) is 5.73 Å². The van der Waals surface area contributed by atoms with E-state index in [-0.39, 0.29) is 11.1 Å². The Morgan fingerprint density at radius 3 is 2.19 bits per heavy atom. The molecule has 1 aromatic carbocycles. The van der Waals surface area contributed by atoms with E-state index in [1.807, 2.05) is 0 Å². The summed E-state index contributed by atoms with van der Waals surface area (Å²) in [6.07, 6.45) is -1.88. The summed E-state index contributed by atoms with van der Waals surface area (Å²) < 4.78 is 38.0. The van der Waals surface area contributed by atoms with Gasteiger partial charge in [0.15, 0.2) is 0 Å². The van der Waals surface area contributed by atoms with Crippen molar-refractivity contribution in [1.29, 1.82) is 0 Å². The first-order valence-electron chi connectivity index (χ1n) is 6.61. The number of amides is 2. The van der Waals surface area contributed by atoms with Gasteiger partial charge in [-0.15, -0.1) is 0 Å². The van der Waals surface area contributed by atoms with Crippen LogP contribution in [0.3, 0.4) is 0 Å². The van der Waals surface area contributed by atoms with Crippen molar-refractivity contribution < 1.29 is 22.8 Å². The van der Waals surface area contributed by atoms with E-state index in [1.54, 1.807) is 4.90 Å².